The van der Waals surface area contributed by atoms with Gasteiger partial charge < -0.3 is 19.1 Å². The third kappa shape index (κ3) is 5.84. The number of piperidine rings is 1. The number of aromatic nitrogens is 2. The topological polar surface area (TPSA) is 70.9 Å². The van der Waals surface area contributed by atoms with Crippen LogP contribution in [-0.2, 0) is 17.8 Å². The van der Waals surface area contributed by atoms with E-state index in [1.807, 2.05) is 4.57 Å². The van der Waals surface area contributed by atoms with Crippen LogP contribution in [0.4, 0.5) is 31.1 Å². The molecule has 8 nitrogen and oxygen atoms in total. The SMILES string of the molecule is CC(C)N1CCn2cc(C(=O)N(C)C3(C)CCN(C(=O)OC(C(F)(F)F)C(F)(F)F)CC3)nc2C1. The lowest BCUT2D eigenvalue weighted by Crippen LogP contribution is -2.56. The van der Waals surface area contributed by atoms with Gasteiger partial charge in [0.15, 0.2) is 0 Å². The molecule has 0 saturated carbocycles. The monoisotopic (exact) mass is 513 g/mol. The molecule has 2 aliphatic rings. The molecule has 0 spiro atoms. The number of hydrogen-bond acceptors (Lipinski definition) is 5. The van der Waals surface area contributed by atoms with E-state index in [0.29, 0.717) is 19.1 Å². The van der Waals surface area contributed by atoms with Crippen LogP contribution in [0.25, 0.3) is 0 Å². The van der Waals surface area contributed by atoms with Crippen molar-refractivity contribution in [3.05, 3.63) is 17.7 Å². The number of ether oxygens (including phenoxy) is 1. The Hall–Kier alpha value is -2.51. The highest BCUT2D eigenvalue weighted by molar-refractivity contribution is 5.92. The van der Waals surface area contributed by atoms with Gasteiger partial charge in [0.1, 0.15) is 11.5 Å². The highest BCUT2D eigenvalue weighted by Crippen LogP contribution is 2.37. The molecule has 0 unspecified atom stereocenters. The summed E-state index contributed by atoms with van der Waals surface area (Å²) < 4.78 is 81.9. The molecule has 0 aliphatic carbocycles. The Bertz CT molecular complexity index is 923. The number of fused-ring (bicyclic) bond motifs is 1. The minimum Gasteiger partial charge on any atom is -0.426 e. The lowest BCUT2D eigenvalue weighted by atomic mass is 9.88. The summed E-state index contributed by atoms with van der Waals surface area (Å²) >= 11 is 0. The number of alkyl halides is 6. The average molecular weight is 513 g/mol. The molecule has 2 aliphatic heterocycles. The first-order valence-electron chi connectivity index (χ1n) is 11.2. The number of amides is 2. The summed E-state index contributed by atoms with van der Waals surface area (Å²) in [4.78, 5) is 34.2. The van der Waals surface area contributed by atoms with Gasteiger partial charge in [0.05, 0.1) is 6.54 Å². The van der Waals surface area contributed by atoms with Gasteiger partial charge in [-0.05, 0) is 33.6 Å². The Morgan fingerprint density at radius 3 is 2.14 bits per heavy atom. The number of carbonyl (C=O) groups excluding carboxylic acids is 2. The molecule has 0 aromatic carbocycles. The van der Waals surface area contributed by atoms with Crippen LogP contribution in [0, 0.1) is 0 Å². The largest absolute Gasteiger partial charge is 0.434 e. The standard InChI is InChI=1S/C21H29F6N5O3/c1-13(2)31-9-10-32-11-14(28-15(32)12-31)16(33)29(4)19(3)5-7-30(8-6-19)18(34)35-17(20(22,23)24)21(25,26)27/h11,13,17H,5-10,12H2,1-4H3. The molecular weight excluding hydrogens is 484 g/mol. The predicted molar refractivity (Wildman–Crippen MR) is 111 cm³/mol. The zero-order valence-electron chi connectivity index (χ0n) is 19.9. The van der Waals surface area contributed by atoms with Crippen molar-refractivity contribution in [2.75, 3.05) is 26.7 Å². The molecule has 2 amide bonds. The quantitative estimate of drug-likeness (QED) is 0.575. The van der Waals surface area contributed by atoms with Gasteiger partial charge >= 0.3 is 18.4 Å². The Morgan fingerprint density at radius 1 is 1.06 bits per heavy atom. The minimum absolute atomic E-state index is 0.141. The van der Waals surface area contributed by atoms with Gasteiger partial charge in [-0.2, -0.15) is 26.3 Å². The van der Waals surface area contributed by atoms with Gasteiger partial charge in [-0.3, -0.25) is 9.69 Å². The minimum atomic E-state index is -5.78. The van der Waals surface area contributed by atoms with Crippen molar-refractivity contribution in [3.63, 3.8) is 0 Å². The van der Waals surface area contributed by atoms with E-state index >= 15 is 0 Å². The number of imidazole rings is 1. The maximum absolute atomic E-state index is 13.1. The second kappa shape index (κ2) is 9.51. The Balaban J connectivity index is 1.63. The van der Waals surface area contributed by atoms with E-state index in [9.17, 15) is 35.9 Å². The number of halogens is 6. The van der Waals surface area contributed by atoms with Gasteiger partial charge in [-0.15, -0.1) is 0 Å². The summed E-state index contributed by atoms with van der Waals surface area (Å²) in [6, 6.07) is 0.334. The van der Waals surface area contributed by atoms with Crippen molar-refractivity contribution in [3.8, 4) is 0 Å². The lowest BCUT2D eigenvalue weighted by Gasteiger charge is -2.44. The van der Waals surface area contributed by atoms with Crippen molar-refractivity contribution in [2.45, 2.75) is 76.7 Å². The fourth-order valence-corrected chi connectivity index (χ4v) is 4.23. The number of carbonyl (C=O) groups is 2. The molecule has 0 radical (unpaired) electrons. The molecule has 3 rings (SSSR count). The van der Waals surface area contributed by atoms with E-state index in [2.05, 4.69) is 28.5 Å². The highest BCUT2D eigenvalue weighted by atomic mass is 19.4. The summed E-state index contributed by atoms with van der Waals surface area (Å²) in [5.74, 6) is 0.420. The summed E-state index contributed by atoms with van der Waals surface area (Å²) in [7, 11) is 1.57. The third-order valence-corrected chi connectivity index (χ3v) is 6.81. The second-order valence-corrected chi connectivity index (χ2v) is 9.50. The lowest BCUT2D eigenvalue weighted by molar-refractivity contribution is -0.308. The fraction of sp³-hybridized carbons (Fsp3) is 0.762. The third-order valence-electron chi connectivity index (χ3n) is 6.81. The van der Waals surface area contributed by atoms with Crippen LogP contribution in [0.15, 0.2) is 6.20 Å². The molecule has 1 aromatic rings. The molecular formula is C21H29F6N5O3. The van der Waals surface area contributed by atoms with E-state index in [-0.39, 0.29) is 37.5 Å². The molecule has 1 aromatic heterocycles. The summed E-state index contributed by atoms with van der Waals surface area (Å²) in [5, 5.41) is 0. The Labute approximate surface area is 198 Å². The fourth-order valence-electron chi connectivity index (χ4n) is 4.23. The molecule has 198 valence electrons. The summed E-state index contributed by atoms with van der Waals surface area (Å²) in [6.07, 6.45) is -15.5. The summed E-state index contributed by atoms with van der Waals surface area (Å²) in [5.41, 5.74) is -0.524. The molecule has 0 N–H and O–H groups in total. The zero-order chi connectivity index (χ0) is 26.3. The van der Waals surface area contributed by atoms with Gasteiger partial charge in [-0.25, -0.2) is 9.78 Å². The van der Waals surface area contributed by atoms with E-state index < -0.39 is 30.1 Å². The molecule has 1 saturated heterocycles. The molecule has 1 fully saturated rings. The van der Waals surface area contributed by atoms with Crippen LogP contribution >= 0.6 is 0 Å². The first-order valence-corrected chi connectivity index (χ1v) is 11.2. The highest BCUT2D eigenvalue weighted by Gasteiger charge is 2.60. The van der Waals surface area contributed by atoms with Gasteiger partial charge in [0.25, 0.3) is 12.0 Å². The van der Waals surface area contributed by atoms with Gasteiger partial charge in [0, 0.05) is 51.0 Å². The molecule has 14 heteroatoms. The smallest absolute Gasteiger partial charge is 0.426 e. The van der Waals surface area contributed by atoms with Crippen molar-refractivity contribution in [2.24, 2.45) is 0 Å². The van der Waals surface area contributed by atoms with Crippen molar-refractivity contribution in [1.29, 1.82) is 0 Å². The first-order chi connectivity index (χ1) is 16.0. The van der Waals surface area contributed by atoms with E-state index in [1.54, 1.807) is 20.2 Å². The van der Waals surface area contributed by atoms with Crippen LogP contribution in [-0.4, -0.2) is 93.0 Å². The van der Waals surface area contributed by atoms with Gasteiger partial charge in [0.2, 0.25) is 0 Å². The van der Waals surface area contributed by atoms with E-state index in [0.717, 1.165) is 17.3 Å². The van der Waals surface area contributed by atoms with Crippen molar-refractivity contribution in [1.82, 2.24) is 24.3 Å². The maximum atomic E-state index is 13.1. The molecule has 3 heterocycles. The number of nitrogens with zero attached hydrogens (tertiary/aromatic N) is 5. The van der Waals surface area contributed by atoms with Crippen LogP contribution < -0.4 is 0 Å². The number of rotatable bonds is 4. The van der Waals surface area contributed by atoms with E-state index in [4.69, 9.17) is 0 Å². The van der Waals surface area contributed by atoms with Crippen LogP contribution in [0.2, 0.25) is 0 Å². The molecule has 0 bridgehead atoms. The Morgan fingerprint density at radius 2 is 1.63 bits per heavy atom. The van der Waals surface area contributed by atoms with Gasteiger partial charge in [-0.1, -0.05) is 0 Å². The van der Waals surface area contributed by atoms with Crippen LogP contribution in [0.5, 0.6) is 0 Å². The number of likely N-dealkylation sites (tertiary alicyclic amines) is 1. The summed E-state index contributed by atoms with van der Waals surface area (Å²) in [6.45, 7) is 7.71. The van der Waals surface area contributed by atoms with Crippen LogP contribution in [0.1, 0.15) is 49.9 Å². The molecule has 35 heavy (non-hydrogen) atoms. The maximum Gasteiger partial charge on any atom is 0.434 e. The van der Waals surface area contributed by atoms with Crippen LogP contribution in [0.3, 0.4) is 0 Å². The zero-order valence-corrected chi connectivity index (χ0v) is 19.9. The second-order valence-electron chi connectivity index (χ2n) is 9.50. The van der Waals surface area contributed by atoms with E-state index in [1.165, 1.54) is 4.90 Å². The first kappa shape index (κ1) is 27.1. The van der Waals surface area contributed by atoms with Crippen molar-refractivity contribution >= 4 is 12.0 Å². The van der Waals surface area contributed by atoms with Crippen molar-refractivity contribution < 1.29 is 40.7 Å². The average Bonchev–Trinajstić information content (AvgIpc) is 3.18. The Kier molecular flexibility index (Phi) is 7.36. The normalized spacial score (nSPS) is 19.1. The predicted octanol–water partition coefficient (Wildman–Crippen LogP) is 3.66. The number of hydrogen-bond donors (Lipinski definition) is 0. The molecule has 0 atom stereocenters.